The number of methoxy groups -OCH3 is 1. The molecule has 2 rings (SSSR count). The average Bonchev–Trinajstić information content (AvgIpc) is 2.39. The molecule has 0 aliphatic rings. The minimum Gasteiger partial charge on any atom is -0.545 e. The monoisotopic (exact) mass is 227 g/mol. The third-order valence-corrected chi connectivity index (χ3v) is 2.54. The molecule has 0 radical (unpaired) electrons. The number of aromatic carboxylic acids is 1. The molecule has 3 heteroatoms. The van der Waals surface area contributed by atoms with Gasteiger partial charge in [-0.1, -0.05) is 42.5 Å². The Labute approximate surface area is 99.3 Å². The summed E-state index contributed by atoms with van der Waals surface area (Å²) in [4.78, 5) is 10.6. The Balaban J connectivity index is 2.43. The highest BCUT2D eigenvalue weighted by Gasteiger charge is 2.04. The molecule has 2 aromatic carbocycles. The predicted octanol–water partition coefficient (Wildman–Crippen LogP) is 1.73. The third kappa shape index (κ3) is 2.28. The minimum atomic E-state index is -1.17. The van der Waals surface area contributed by atoms with Crippen molar-refractivity contribution in [3.63, 3.8) is 0 Å². The maximum atomic E-state index is 10.6. The molecule has 86 valence electrons. The lowest BCUT2D eigenvalue weighted by molar-refractivity contribution is -0.255. The van der Waals surface area contributed by atoms with Crippen LogP contribution in [0.3, 0.4) is 0 Å². The summed E-state index contributed by atoms with van der Waals surface area (Å²) in [5.41, 5.74) is 2.01. The van der Waals surface area contributed by atoms with Gasteiger partial charge in [-0.05, 0) is 17.2 Å². The Bertz CT molecular complexity index is 529. The van der Waals surface area contributed by atoms with E-state index in [2.05, 4.69) is 0 Å². The van der Waals surface area contributed by atoms with Crippen molar-refractivity contribution in [1.29, 1.82) is 0 Å². The van der Waals surface area contributed by atoms with Gasteiger partial charge in [-0.15, -0.1) is 0 Å². The summed E-state index contributed by atoms with van der Waals surface area (Å²) >= 11 is 0. The van der Waals surface area contributed by atoms with Crippen LogP contribution in [0.15, 0.2) is 48.5 Å². The molecular weight excluding hydrogens is 216 g/mol. The number of benzene rings is 2. The fraction of sp³-hybridized carbons (Fsp3) is 0.0714. The van der Waals surface area contributed by atoms with E-state index in [-0.39, 0.29) is 5.56 Å². The number of hydrogen-bond acceptors (Lipinski definition) is 3. The van der Waals surface area contributed by atoms with Crippen molar-refractivity contribution in [2.75, 3.05) is 7.11 Å². The number of carboxylic acid groups (broad SMARTS) is 1. The molecule has 2 aromatic rings. The standard InChI is InChI=1S/C14H12O3/c1-17-13-5-3-2-4-12(13)10-6-8-11(9-7-10)14(15)16/h2-9H,1H3,(H,15,16)/p-1. The van der Waals surface area contributed by atoms with Crippen LogP contribution < -0.4 is 9.84 Å². The Morgan fingerprint density at radius 2 is 1.71 bits per heavy atom. The van der Waals surface area contributed by atoms with Crippen molar-refractivity contribution in [1.82, 2.24) is 0 Å². The number of carboxylic acids is 1. The Hall–Kier alpha value is -2.29. The molecule has 0 bridgehead atoms. The van der Waals surface area contributed by atoms with E-state index >= 15 is 0 Å². The first kappa shape index (κ1) is 11.2. The van der Waals surface area contributed by atoms with Gasteiger partial charge in [0.25, 0.3) is 0 Å². The van der Waals surface area contributed by atoms with E-state index in [1.54, 1.807) is 19.2 Å². The molecule has 0 spiro atoms. The molecule has 3 nitrogen and oxygen atoms in total. The highest BCUT2D eigenvalue weighted by molar-refractivity contribution is 5.86. The Morgan fingerprint density at radius 1 is 1.06 bits per heavy atom. The molecule has 17 heavy (non-hydrogen) atoms. The number of para-hydroxylation sites is 1. The summed E-state index contributed by atoms with van der Waals surface area (Å²) in [5, 5.41) is 10.6. The van der Waals surface area contributed by atoms with E-state index in [1.807, 2.05) is 24.3 Å². The lowest BCUT2D eigenvalue weighted by Crippen LogP contribution is -2.21. The van der Waals surface area contributed by atoms with Crippen LogP contribution >= 0.6 is 0 Å². The second kappa shape index (κ2) is 4.70. The van der Waals surface area contributed by atoms with Gasteiger partial charge >= 0.3 is 0 Å². The first-order valence-electron chi connectivity index (χ1n) is 5.17. The van der Waals surface area contributed by atoms with Crippen molar-refractivity contribution in [3.05, 3.63) is 54.1 Å². The SMILES string of the molecule is COc1ccccc1-c1ccc(C(=O)[O-])cc1. The molecule has 0 N–H and O–H groups in total. The lowest BCUT2D eigenvalue weighted by Gasteiger charge is -2.09. The van der Waals surface area contributed by atoms with Crippen LogP contribution in [0.2, 0.25) is 0 Å². The van der Waals surface area contributed by atoms with Gasteiger partial charge in [0.15, 0.2) is 0 Å². The molecule has 0 unspecified atom stereocenters. The van der Waals surface area contributed by atoms with Crippen molar-refractivity contribution < 1.29 is 14.6 Å². The summed E-state index contributed by atoms with van der Waals surface area (Å²) in [6, 6.07) is 14.1. The van der Waals surface area contributed by atoms with E-state index < -0.39 is 5.97 Å². The smallest absolute Gasteiger partial charge is 0.126 e. The second-order valence-corrected chi connectivity index (χ2v) is 3.57. The normalized spacial score (nSPS) is 9.94. The van der Waals surface area contributed by atoms with Crippen molar-refractivity contribution in [3.8, 4) is 16.9 Å². The molecule has 0 aromatic heterocycles. The maximum absolute atomic E-state index is 10.6. The highest BCUT2D eigenvalue weighted by atomic mass is 16.5. The molecule has 0 heterocycles. The van der Waals surface area contributed by atoms with Crippen LogP contribution in [0.4, 0.5) is 0 Å². The summed E-state index contributed by atoms with van der Waals surface area (Å²) in [7, 11) is 1.61. The number of ether oxygens (including phenoxy) is 1. The summed E-state index contributed by atoms with van der Waals surface area (Å²) < 4.78 is 5.25. The number of rotatable bonds is 3. The average molecular weight is 227 g/mol. The lowest BCUT2D eigenvalue weighted by atomic mass is 10.0. The van der Waals surface area contributed by atoms with Gasteiger partial charge in [0.1, 0.15) is 5.75 Å². The zero-order valence-electron chi connectivity index (χ0n) is 9.34. The predicted molar refractivity (Wildman–Crippen MR) is 62.8 cm³/mol. The molecule has 0 fully saturated rings. The van der Waals surface area contributed by atoms with Gasteiger partial charge in [0, 0.05) is 5.56 Å². The van der Waals surface area contributed by atoms with Gasteiger partial charge in [-0.3, -0.25) is 0 Å². The zero-order chi connectivity index (χ0) is 12.3. The van der Waals surface area contributed by atoms with E-state index in [0.29, 0.717) is 0 Å². The minimum absolute atomic E-state index is 0.170. The Morgan fingerprint density at radius 3 is 2.29 bits per heavy atom. The van der Waals surface area contributed by atoms with Crippen LogP contribution in [0.5, 0.6) is 5.75 Å². The number of hydrogen-bond donors (Lipinski definition) is 0. The van der Waals surface area contributed by atoms with Crippen LogP contribution in [0.25, 0.3) is 11.1 Å². The quantitative estimate of drug-likeness (QED) is 0.802. The summed E-state index contributed by atoms with van der Waals surface area (Å²) in [6.45, 7) is 0. The van der Waals surface area contributed by atoms with Crippen LogP contribution in [-0.4, -0.2) is 13.1 Å². The molecular formula is C14H11O3-. The van der Waals surface area contributed by atoms with Crippen molar-refractivity contribution in [2.45, 2.75) is 0 Å². The van der Waals surface area contributed by atoms with Gasteiger partial charge in [-0.2, -0.15) is 0 Å². The third-order valence-electron chi connectivity index (χ3n) is 2.54. The molecule has 0 aliphatic carbocycles. The molecule has 0 aliphatic heterocycles. The molecule has 0 saturated heterocycles. The van der Waals surface area contributed by atoms with Gasteiger partial charge in [-0.25, -0.2) is 0 Å². The van der Waals surface area contributed by atoms with Crippen molar-refractivity contribution >= 4 is 5.97 Å². The summed E-state index contributed by atoms with van der Waals surface area (Å²) in [5.74, 6) is -0.412. The van der Waals surface area contributed by atoms with E-state index in [1.165, 1.54) is 12.1 Å². The van der Waals surface area contributed by atoms with Crippen molar-refractivity contribution in [2.24, 2.45) is 0 Å². The van der Waals surface area contributed by atoms with Gasteiger partial charge < -0.3 is 14.6 Å². The highest BCUT2D eigenvalue weighted by Crippen LogP contribution is 2.29. The zero-order valence-corrected chi connectivity index (χ0v) is 9.34. The number of carbonyl (C=O) groups is 1. The van der Waals surface area contributed by atoms with E-state index in [9.17, 15) is 9.90 Å². The maximum Gasteiger partial charge on any atom is 0.126 e. The largest absolute Gasteiger partial charge is 0.545 e. The van der Waals surface area contributed by atoms with E-state index in [4.69, 9.17) is 4.74 Å². The first-order chi connectivity index (χ1) is 8.22. The van der Waals surface area contributed by atoms with E-state index in [0.717, 1.165) is 16.9 Å². The van der Waals surface area contributed by atoms with Gasteiger partial charge in [0.2, 0.25) is 0 Å². The second-order valence-electron chi connectivity index (χ2n) is 3.57. The van der Waals surface area contributed by atoms with Crippen LogP contribution in [0.1, 0.15) is 10.4 Å². The van der Waals surface area contributed by atoms with Crippen LogP contribution in [0, 0.1) is 0 Å². The summed E-state index contributed by atoms with van der Waals surface area (Å²) in [6.07, 6.45) is 0. The molecule has 0 atom stereocenters. The fourth-order valence-electron chi connectivity index (χ4n) is 1.67. The first-order valence-corrected chi connectivity index (χ1v) is 5.17. The molecule has 0 saturated carbocycles. The molecule has 0 amide bonds. The Kier molecular flexibility index (Phi) is 3.10. The number of carbonyl (C=O) groups excluding carboxylic acids is 1. The fourth-order valence-corrected chi connectivity index (χ4v) is 1.67. The topological polar surface area (TPSA) is 49.4 Å². The van der Waals surface area contributed by atoms with Crippen LogP contribution in [-0.2, 0) is 0 Å². The van der Waals surface area contributed by atoms with Gasteiger partial charge in [0.05, 0.1) is 13.1 Å².